The van der Waals surface area contributed by atoms with Crippen LogP contribution < -0.4 is 16.0 Å². The Morgan fingerprint density at radius 2 is 2.24 bits per heavy atom. The zero-order valence-corrected chi connectivity index (χ0v) is 8.97. The van der Waals surface area contributed by atoms with Crippen LogP contribution in [0.5, 0.6) is 5.88 Å². The number of nitrogens with two attached hydrogens (primary N) is 1. The monoisotopic (exact) mass is 269 g/mol. The minimum Gasteiger partial charge on any atom is -0.467 e. The molecule has 1 aromatic heterocycles. The molecule has 17 heavy (non-hydrogen) atoms. The molecule has 0 unspecified atom stereocenters. The minimum absolute atomic E-state index is 0.0722. The Kier molecular flexibility index (Phi) is 4.13. The van der Waals surface area contributed by atoms with Gasteiger partial charge >= 0.3 is 6.18 Å². The van der Waals surface area contributed by atoms with E-state index >= 15 is 0 Å². The second kappa shape index (κ2) is 5.19. The van der Waals surface area contributed by atoms with Gasteiger partial charge in [-0.2, -0.15) is 13.2 Å². The van der Waals surface area contributed by atoms with E-state index in [1.807, 2.05) is 0 Å². The van der Waals surface area contributed by atoms with Crippen LogP contribution in [0.3, 0.4) is 0 Å². The SMILES string of the molecule is NNC(=O)c1cc(Cl)cnc1OCC(F)(F)F. The van der Waals surface area contributed by atoms with Crippen LogP contribution in [-0.4, -0.2) is 23.7 Å². The Bertz CT molecular complexity index is 425. The average Bonchev–Trinajstić information content (AvgIpc) is 2.25. The van der Waals surface area contributed by atoms with E-state index in [1.54, 1.807) is 5.43 Å². The maximum atomic E-state index is 11.9. The molecule has 94 valence electrons. The number of ether oxygens (including phenoxy) is 1. The van der Waals surface area contributed by atoms with Gasteiger partial charge in [-0.25, -0.2) is 10.8 Å². The predicted molar refractivity (Wildman–Crippen MR) is 52.5 cm³/mol. The third-order valence-corrected chi connectivity index (χ3v) is 1.77. The molecule has 1 aromatic rings. The van der Waals surface area contributed by atoms with Crippen LogP contribution in [0, 0.1) is 0 Å². The summed E-state index contributed by atoms with van der Waals surface area (Å²) >= 11 is 5.55. The fourth-order valence-electron chi connectivity index (χ4n) is 0.932. The van der Waals surface area contributed by atoms with Gasteiger partial charge in [0.2, 0.25) is 5.88 Å². The largest absolute Gasteiger partial charge is 0.467 e. The number of nitrogen functional groups attached to an aromatic ring is 1. The number of hydrogen-bond acceptors (Lipinski definition) is 4. The van der Waals surface area contributed by atoms with Crippen LogP contribution >= 0.6 is 11.6 Å². The topological polar surface area (TPSA) is 77.2 Å². The number of nitrogens with zero attached hydrogens (tertiary/aromatic N) is 1. The van der Waals surface area contributed by atoms with E-state index in [1.165, 1.54) is 0 Å². The standard InChI is InChI=1S/C8H7ClF3N3O2/c9-4-1-5(6(16)15-13)7(14-2-4)17-3-8(10,11)12/h1-2H,3,13H2,(H,15,16). The lowest BCUT2D eigenvalue weighted by molar-refractivity contribution is -0.154. The highest BCUT2D eigenvalue weighted by molar-refractivity contribution is 6.30. The van der Waals surface area contributed by atoms with E-state index in [2.05, 4.69) is 9.72 Å². The van der Waals surface area contributed by atoms with E-state index in [4.69, 9.17) is 17.4 Å². The van der Waals surface area contributed by atoms with Gasteiger partial charge < -0.3 is 4.74 Å². The summed E-state index contributed by atoms with van der Waals surface area (Å²) in [4.78, 5) is 14.7. The van der Waals surface area contributed by atoms with E-state index in [0.29, 0.717) is 0 Å². The van der Waals surface area contributed by atoms with Gasteiger partial charge in [0.15, 0.2) is 6.61 Å². The lowest BCUT2D eigenvalue weighted by Crippen LogP contribution is -2.31. The molecule has 0 aliphatic carbocycles. The van der Waals surface area contributed by atoms with Crippen molar-refractivity contribution in [2.24, 2.45) is 5.84 Å². The average molecular weight is 270 g/mol. The predicted octanol–water partition coefficient (Wildman–Crippen LogP) is 1.28. The van der Waals surface area contributed by atoms with Crippen LogP contribution in [0.4, 0.5) is 13.2 Å². The van der Waals surface area contributed by atoms with E-state index in [-0.39, 0.29) is 10.6 Å². The molecule has 1 heterocycles. The second-order valence-corrected chi connectivity index (χ2v) is 3.32. The number of amides is 1. The maximum Gasteiger partial charge on any atom is 0.422 e. The Hall–Kier alpha value is -1.54. The maximum absolute atomic E-state index is 11.9. The number of carbonyl (C=O) groups is 1. The normalized spacial score (nSPS) is 11.1. The van der Waals surface area contributed by atoms with Crippen LogP contribution in [0.2, 0.25) is 5.02 Å². The molecule has 1 amide bonds. The Morgan fingerprint density at radius 3 is 2.76 bits per heavy atom. The lowest BCUT2D eigenvalue weighted by atomic mass is 10.2. The van der Waals surface area contributed by atoms with E-state index < -0.39 is 24.6 Å². The summed E-state index contributed by atoms with van der Waals surface area (Å²) < 4.78 is 40.2. The molecular formula is C8H7ClF3N3O2. The van der Waals surface area contributed by atoms with Gasteiger partial charge in [-0.05, 0) is 6.07 Å². The van der Waals surface area contributed by atoms with Gasteiger partial charge in [0, 0.05) is 6.20 Å². The lowest BCUT2D eigenvalue weighted by Gasteiger charge is -2.11. The number of hydrogen-bond donors (Lipinski definition) is 2. The van der Waals surface area contributed by atoms with Gasteiger partial charge in [0.05, 0.1) is 5.02 Å². The molecule has 0 atom stereocenters. The Labute approximate surface area is 98.7 Å². The van der Waals surface area contributed by atoms with Crippen molar-refractivity contribution in [3.05, 3.63) is 22.8 Å². The van der Waals surface area contributed by atoms with E-state index in [0.717, 1.165) is 12.3 Å². The molecular weight excluding hydrogens is 263 g/mol. The number of nitrogens with one attached hydrogen (secondary N) is 1. The first-order chi connectivity index (χ1) is 7.83. The highest BCUT2D eigenvalue weighted by atomic mass is 35.5. The first kappa shape index (κ1) is 13.5. The van der Waals surface area contributed by atoms with Crippen molar-refractivity contribution in [3.63, 3.8) is 0 Å². The number of carbonyl (C=O) groups excluding carboxylic acids is 1. The van der Waals surface area contributed by atoms with Crippen molar-refractivity contribution in [1.29, 1.82) is 0 Å². The molecule has 0 saturated heterocycles. The zero-order valence-electron chi connectivity index (χ0n) is 8.21. The third-order valence-electron chi connectivity index (χ3n) is 1.57. The number of rotatable bonds is 3. The summed E-state index contributed by atoms with van der Waals surface area (Å²) in [5, 5.41) is 0.0722. The molecule has 0 fully saturated rings. The quantitative estimate of drug-likeness (QED) is 0.492. The van der Waals surface area contributed by atoms with Crippen molar-refractivity contribution in [3.8, 4) is 5.88 Å². The summed E-state index contributed by atoms with van der Waals surface area (Å²) in [5.41, 5.74) is 1.47. The molecule has 0 saturated carbocycles. The number of pyridine rings is 1. The zero-order chi connectivity index (χ0) is 13.1. The van der Waals surface area contributed by atoms with Crippen molar-refractivity contribution >= 4 is 17.5 Å². The summed E-state index contributed by atoms with van der Waals surface area (Å²) in [7, 11) is 0. The second-order valence-electron chi connectivity index (χ2n) is 2.88. The van der Waals surface area contributed by atoms with Crippen molar-refractivity contribution in [1.82, 2.24) is 10.4 Å². The molecule has 0 spiro atoms. The summed E-state index contributed by atoms with van der Waals surface area (Å²) in [5.74, 6) is 3.52. The van der Waals surface area contributed by atoms with Crippen LogP contribution in [0.15, 0.2) is 12.3 Å². The molecule has 3 N–H and O–H groups in total. The Morgan fingerprint density at radius 1 is 1.59 bits per heavy atom. The van der Waals surface area contributed by atoms with Crippen LogP contribution in [0.25, 0.3) is 0 Å². The molecule has 0 aliphatic rings. The first-order valence-corrected chi connectivity index (χ1v) is 4.57. The number of hydrazine groups is 1. The summed E-state index contributed by atoms with van der Waals surface area (Å²) in [6.07, 6.45) is -3.47. The van der Waals surface area contributed by atoms with Gasteiger partial charge in [-0.3, -0.25) is 10.2 Å². The van der Waals surface area contributed by atoms with E-state index in [9.17, 15) is 18.0 Å². The minimum atomic E-state index is -4.53. The third kappa shape index (κ3) is 4.08. The summed E-state index contributed by atoms with van der Waals surface area (Å²) in [6.45, 7) is -1.56. The van der Waals surface area contributed by atoms with Crippen molar-refractivity contribution in [2.45, 2.75) is 6.18 Å². The first-order valence-electron chi connectivity index (χ1n) is 4.19. The molecule has 0 bridgehead atoms. The highest BCUT2D eigenvalue weighted by Crippen LogP contribution is 2.22. The number of aromatic nitrogens is 1. The molecule has 5 nitrogen and oxygen atoms in total. The van der Waals surface area contributed by atoms with Gasteiger partial charge in [-0.1, -0.05) is 11.6 Å². The molecule has 0 radical (unpaired) electrons. The molecule has 1 rings (SSSR count). The fourth-order valence-corrected chi connectivity index (χ4v) is 1.09. The smallest absolute Gasteiger partial charge is 0.422 e. The highest BCUT2D eigenvalue weighted by Gasteiger charge is 2.29. The van der Waals surface area contributed by atoms with Gasteiger partial charge in [0.25, 0.3) is 5.91 Å². The van der Waals surface area contributed by atoms with Gasteiger partial charge in [-0.15, -0.1) is 0 Å². The Balaban J connectivity index is 2.94. The van der Waals surface area contributed by atoms with Gasteiger partial charge in [0.1, 0.15) is 5.56 Å². The van der Waals surface area contributed by atoms with Crippen LogP contribution in [-0.2, 0) is 0 Å². The molecule has 0 aliphatic heterocycles. The number of alkyl halides is 3. The molecule has 9 heteroatoms. The van der Waals surface area contributed by atoms with Crippen LogP contribution in [0.1, 0.15) is 10.4 Å². The summed E-state index contributed by atoms with van der Waals surface area (Å²) in [6, 6.07) is 1.10. The van der Waals surface area contributed by atoms with Crippen molar-refractivity contribution in [2.75, 3.05) is 6.61 Å². The fraction of sp³-hybridized carbons (Fsp3) is 0.250. The number of halogens is 4. The van der Waals surface area contributed by atoms with Crippen molar-refractivity contribution < 1.29 is 22.7 Å². The molecule has 0 aromatic carbocycles.